The van der Waals surface area contributed by atoms with Crippen LogP contribution in [0.1, 0.15) is 0 Å². The molecule has 0 aliphatic heterocycles. The molecule has 0 fully saturated rings. The third-order valence-electron chi connectivity index (χ3n) is 2.49. The Balaban J connectivity index is 2.39. The van der Waals surface area contributed by atoms with Gasteiger partial charge in [0.25, 0.3) is 5.88 Å². The Morgan fingerprint density at radius 3 is 2.62 bits per heavy atom. The number of hydrogen-bond donors (Lipinski definition) is 0. The van der Waals surface area contributed by atoms with Gasteiger partial charge in [0.05, 0.1) is 25.2 Å². The molecule has 2 aromatic rings. The monoisotopic (exact) mass is 311 g/mol. The van der Waals surface area contributed by atoms with Gasteiger partial charge in [0.2, 0.25) is 5.75 Å². The molecule has 0 aliphatic rings. The van der Waals surface area contributed by atoms with Crippen LogP contribution in [-0.4, -0.2) is 29.1 Å². The van der Waals surface area contributed by atoms with Gasteiger partial charge in [0.1, 0.15) is 12.1 Å². The fraction of sp³-hybridized carbons (Fsp3) is 0.167. The van der Waals surface area contributed by atoms with E-state index in [1.165, 1.54) is 38.7 Å². The largest absolute Gasteiger partial charge is 0.490 e. The van der Waals surface area contributed by atoms with Crippen LogP contribution in [0.15, 0.2) is 24.5 Å². The average Bonchev–Trinajstić information content (AvgIpc) is 2.47. The molecule has 0 bridgehead atoms. The first kappa shape index (κ1) is 14.8. The molecule has 1 aromatic carbocycles. The number of ether oxygens (including phenoxy) is 3. The molecule has 21 heavy (non-hydrogen) atoms. The van der Waals surface area contributed by atoms with Gasteiger partial charge in [-0.15, -0.1) is 0 Å². The molecule has 8 nitrogen and oxygen atoms in total. The molecule has 0 atom stereocenters. The van der Waals surface area contributed by atoms with Crippen LogP contribution < -0.4 is 14.2 Å². The zero-order chi connectivity index (χ0) is 15.4. The molecule has 0 amide bonds. The molecule has 1 heterocycles. The summed E-state index contributed by atoms with van der Waals surface area (Å²) in [6.07, 6.45) is 1.19. The quantitative estimate of drug-likeness (QED) is 0.475. The summed E-state index contributed by atoms with van der Waals surface area (Å²) >= 11 is 5.84. The van der Waals surface area contributed by atoms with Gasteiger partial charge in [-0.3, -0.25) is 10.1 Å². The molecule has 1 aromatic heterocycles. The predicted molar refractivity (Wildman–Crippen MR) is 73.3 cm³/mol. The highest BCUT2D eigenvalue weighted by Crippen LogP contribution is 2.36. The smallest absolute Gasteiger partial charge is 0.314 e. The number of benzene rings is 1. The minimum atomic E-state index is -0.574. The van der Waals surface area contributed by atoms with Crippen LogP contribution in [0.5, 0.6) is 23.1 Å². The molecule has 0 spiro atoms. The molecule has 0 aliphatic carbocycles. The first-order valence-electron chi connectivity index (χ1n) is 5.61. The molecule has 0 unspecified atom stereocenters. The standard InChI is InChI=1S/C12H10ClN3O5/c1-19-9-4-3-7(5-8(9)16(17)18)21-12-10(20-2)11(13)14-6-15-12/h3-6H,1-2H3. The summed E-state index contributed by atoms with van der Waals surface area (Å²) in [5.74, 6) is 0.505. The summed E-state index contributed by atoms with van der Waals surface area (Å²) in [6.45, 7) is 0. The lowest BCUT2D eigenvalue weighted by Gasteiger charge is -2.10. The number of nitro benzene ring substituents is 1. The number of hydrogen-bond acceptors (Lipinski definition) is 7. The SMILES string of the molecule is COc1ccc(Oc2ncnc(Cl)c2OC)cc1[N+](=O)[O-]. The zero-order valence-electron chi connectivity index (χ0n) is 11.1. The second kappa shape index (κ2) is 6.23. The van der Waals surface area contributed by atoms with Gasteiger partial charge < -0.3 is 14.2 Å². The number of halogens is 1. The van der Waals surface area contributed by atoms with Crippen molar-refractivity contribution in [3.05, 3.63) is 39.8 Å². The van der Waals surface area contributed by atoms with Gasteiger partial charge >= 0.3 is 5.69 Å². The Labute approximate surface area is 124 Å². The lowest BCUT2D eigenvalue weighted by molar-refractivity contribution is -0.385. The molecule has 0 N–H and O–H groups in total. The van der Waals surface area contributed by atoms with Crippen molar-refractivity contribution in [2.45, 2.75) is 0 Å². The Bertz CT molecular complexity index is 680. The van der Waals surface area contributed by atoms with E-state index < -0.39 is 4.92 Å². The van der Waals surface area contributed by atoms with Crippen molar-refractivity contribution in [3.63, 3.8) is 0 Å². The number of nitro groups is 1. The van der Waals surface area contributed by atoms with E-state index in [-0.39, 0.29) is 34.0 Å². The first-order valence-corrected chi connectivity index (χ1v) is 5.99. The Hall–Kier alpha value is -2.61. The molecule has 0 saturated carbocycles. The fourth-order valence-electron chi connectivity index (χ4n) is 1.57. The maximum atomic E-state index is 11.0. The van der Waals surface area contributed by atoms with Crippen molar-refractivity contribution in [1.82, 2.24) is 9.97 Å². The highest BCUT2D eigenvalue weighted by molar-refractivity contribution is 6.31. The van der Waals surface area contributed by atoms with Gasteiger partial charge in [-0.05, 0) is 12.1 Å². The van der Waals surface area contributed by atoms with Crippen molar-refractivity contribution in [1.29, 1.82) is 0 Å². The summed E-state index contributed by atoms with van der Waals surface area (Å²) in [7, 11) is 2.73. The van der Waals surface area contributed by atoms with E-state index in [0.29, 0.717) is 0 Å². The van der Waals surface area contributed by atoms with Crippen molar-refractivity contribution in [2.75, 3.05) is 14.2 Å². The second-order valence-electron chi connectivity index (χ2n) is 3.70. The molecule has 110 valence electrons. The van der Waals surface area contributed by atoms with Crippen molar-refractivity contribution in [2.24, 2.45) is 0 Å². The third kappa shape index (κ3) is 3.11. The maximum Gasteiger partial charge on any atom is 0.314 e. The van der Waals surface area contributed by atoms with Gasteiger partial charge in [-0.25, -0.2) is 4.98 Å². The summed E-state index contributed by atoms with van der Waals surface area (Å²) in [4.78, 5) is 18.0. The number of aromatic nitrogens is 2. The number of methoxy groups -OCH3 is 2. The van der Waals surface area contributed by atoms with Crippen LogP contribution >= 0.6 is 11.6 Å². The van der Waals surface area contributed by atoms with E-state index in [2.05, 4.69) is 9.97 Å². The molecule has 0 radical (unpaired) electrons. The van der Waals surface area contributed by atoms with Crippen molar-refractivity contribution in [3.8, 4) is 23.1 Å². The summed E-state index contributed by atoms with van der Waals surface area (Å²) in [5, 5.41) is 11.0. The van der Waals surface area contributed by atoms with Gasteiger partial charge in [0.15, 0.2) is 10.9 Å². The van der Waals surface area contributed by atoms with Crippen LogP contribution in [0.2, 0.25) is 5.15 Å². The normalized spacial score (nSPS) is 10.0. The highest BCUT2D eigenvalue weighted by Gasteiger charge is 2.18. The summed E-state index contributed by atoms with van der Waals surface area (Å²) in [5.41, 5.74) is -0.228. The zero-order valence-corrected chi connectivity index (χ0v) is 11.8. The van der Waals surface area contributed by atoms with Crippen LogP contribution in [0.4, 0.5) is 5.69 Å². The Kier molecular flexibility index (Phi) is 4.39. The van der Waals surface area contributed by atoms with Crippen molar-refractivity contribution >= 4 is 17.3 Å². The lowest BCUT2D eigenvalue weighted by Crippen LogP contribution is -1.97. The van der Waals surface area contributed by atoms with E-state index in [1.54, 1.807) is 0 Å². The maximum absolute atomic E-state index is 11.0. The fourth-order valence-corrected chi connectivity index (χ4v) is 1.77. The predicted octanol–water partition coefficient (Wildman–Crippen LogP) is 2.85. The summed E-state index contributed by atoms with van der Waals surface area (Å²) in [6, 6.07) is 4.14. The van der Waals surface area contributed by atoms with Crippen LogP contribution in [0.25, 0.3) is 0 Å². The number of rotatable bonds is 5. The number of nitrogens with zero attached hydrogens (tertiary/aromatic N) is 3. The van der Waals surface area contributed by atoms with E-state index >= 15 is 0 Å². The molecular weight excluding hydrogens is 302 g/mol. The van der Waals surface area contributed by atoms with E-state index in [0.717, 1.165) is 0 Å². The van der Waals surface area contributed by atoms with Crippen LogP contribution in [0, 0.1) is 10.1 Å². The van der Waals surface area contributed by atoms with E-state index in [9.17, 15) is 10.1 Å². The van der Waals surface area contributed by atoms with E-state index in [1.807, 2.05) is 0 Å². The second-order valence-corrected chi connectivity index (χ2v) is 4.05. The average molecular weight is 312 g/mol. The minimum Gasteiger partial charge on any atom is -0.490 e. The Morgan fingerprint density at radius 1 is 1.24 bits per heavy atom. The third-order valence-corrected chi connectivity index (χ3v) is 2.76. The van der Waals surface area contributed by atoms with Gasteiger partial charge in [-0.2, -0.15) is 4.98 Å². The van der Waals surface area contributed by atoms with Gasteiger partial charge in [0, 0.05) is 0 Å². The molecule has 2 rings (SSSR count). The first-order chi connectivity index (χ1) is 10.1. The van der Waals surface area contributed by atoms with E-state index in [4.69, 9.17) is 25.8 Å². The van der Waals surface area contributed by atoms with Crippen molar-refractivity contribution < 1.29 is 19.1 Å². The van der Waals surface area contributed by atoms with Crippen LogP contribution in [0.3, 0.4) is 0 Å². The van der Waals surface area contributed by atoms with Crippen LogP contribution in [-0.2, 0) is 0 Å². The highest BCUT2D eigenvalue weighted by atomic mass is 35.5. The molecular formula is C12H10ClN3O5. The van der Waals surface area contributed by atoms with Gasteiger partial charge in [-0.1, -0.05) is 11.6 Å². The molecule has 9 heteroatoms. The molecule has 0 saturated heterocycles. The lowest BCUT2D eigenvalue weighted by atomic mass is 10.3. The summed E-state index contributed by atoms with van der Waals surface area (Å²) < 4.78 is 15.4. The minimum absolute atomic E-state index is 0.0527. The Morgan fingerprint density at radius 2 is 2.00 bits per heavy atom. The topological polar surface area (TPSA) is 96.6 Å².